The predicted molar refractivity (Wildman–Crippen MR) is 52.0 cm³/mol. The highest BCUT2D eigenvalue weighted by Gasteiger charge is 2.38. The van der Waals surface area contributed by atoms with Crippen LogP contribution in [-0.2, 0) is 7.05 Å². The van der Waals surface area contributed by atoms with Crippen LogP contribution in [0.15, 0.2) is 12.4 Å². The van der Waals surface area contributed by atoms with Crippen molar-refractivity contribution in [1.29, 1.82) is 0 Å². The van der Waals surface area contributed by atoms with Crippen molar-refractivity contribution in [3.63, 3.8) is 0 Å². The first kappa shape index (κ1) is 8.37. The van der Waals surface area contributed by atoms with Crippen LogP contribution in [0.5, 0.6) is 0 Å². The van der Waals surface area contributed by atoms with Crippen LogP contribution >= 0.6 is 0 Å². The van der Waals surface area contributed by atoms with Crippen molar-refractivity contribution in [3.05, 3.63) is 18.0 Å². The summed E-state index contributed by atoms with van der Waals surface area (Å²) < 4.78 is 1.79. The monoisotopic (exact) mass is 174 g/mol. The van der Waals surface area contributed by atoms with Crippen molar-refractivity contribution in [3.8, 4) is 11.8 Å². The molecule has 68 valence electrons. The second kappa shape index (κ2) is 2.92. The van der Waals surface area contributed by atoms with Crippen LogP contribution in [0, 0.1) is 17.3 Å². The van der Waals surface area contributed by atoms with E-state index >= 15 is 0 Å². The number of rotatable bonds is 1. The third-order valence-electron chi connectivity index (χ3n) is 2.71. The van der Waals surface area contributed by atoms with E-state index in [-0.39, 0.29) is 0 Å². The molecule has 0 N–H and O–H groups in total. The lowest BCUT2D eigenvalue weighted by molar-refractivity contribution is 0.651. The molecule has 0 aliphatic heterocycles. The summed E-state index contributed by atoms with van der Waals surface area (Å²) in [5.41, 5.74) is 1.39. The molecule has 0 bridgehead atoms. The molecule has 1 aliphatic carbocycles. The Morgan fingerprint density at radius 3 is 2.85 bits per heavy atom. The number of aromatic nitrogens is 2. The van der Waals surface area contributed by atoms with Crippen LogP contribution in [0.2, 0.25) is 0 Å². The first-order chi connectivity index (χ1) is 6.24. The molecule has 1 aromatic rings. The largest absolute Gasteiger partial charge is 0.275 e. The minimum Gasteiger partial charge on any atom is -0.275 e. The number of hydrogen-bond donors (Lipinski definition) is 0. The first-order valence-electron chi connectivity index (χ1n) is 4.76. The van der Waals surface area contributed by atoms with Gasteiger partial charge >= 0.3 is 0 Å². The SMILES string of the molecule is CCC1(C#Cc2cnn(C)c2)CC1. The summed E-state index contributed by atoms with van der Waals surface area (Å²) >= 11 is 0. The Labute approximate surface area is 79.0 Å². The molecule has 1 aliphatic rings. The van der Waals surface area contributed by atoms with Gasteiger partial charge in [0, 0.05) is 18.7 Å². The fourth-order valence-electron chi connectivity index (χ4n) is 1.41. The Hall–Kier alpha value is -1.23. The molecule has 1 heterocycles. The average Bonchev–Trinajstić information content (AvgIpc) is 2.81. The van der Waals surface area contributed by atoms with Gasteiger partial charge in [-0.3, -0.25) is 4.68 Å². The maximum absolute atomic E-state index is 4.08. The van der Waals surface area contributed by atoms with E-state index in [4.69, 9.17) is 0 Å². The molecule has 0 saturated heterocycles. The van der Waals surface area contributed by atoms with Gasteiger partial charge < -0.3 is 0 Å². The van der Waals surface area contributed by atoms with Gasteiger partial charge in [0.1, 0.15) is 0 Å². The zero-order valence-electron chi connectivity index (χ0n) is 8.17. The van der Waals surface area contributed by atoms with Gasteiger partial charge in [0.15, 0.2) is 0 Å². The van der Waals surface area contributed by atoms with Gasteiger partial charge in [-0.2, -0.15) is 5.10 Å². The quantitative estimate of drug-likeness (QED) is 0.595. The summed E-state index contributed by atoms with van der Waals surface area (Å²) in [6.07, 6.45) is 7.51. The van der Waals surface area contributed by atoms with Crippen molar-refractivity contribution in [2.75, 3.05) is 0 Å². The summed E-state index contributed by atoms with van der Waals surface area (Å²) in [7, 11) is 1.91. The van der Waals surface area contributed by atoms with Crippen molar-refractivity contribution in [2.45, 2.75) is 26.2 Å². The first-order valence-corrected chi connectivity index (χ1v) is 4.76. The molecule has 1 fully saturated rings. The molecule has 1 saturated carbocycles. The molecule has 2 rings (SSSR count). The summed E-state index contributed by atoms with van der Waals surface area (Å²) in [4.78, 5) is 0. The molecule has 2 nitrogen and oxygen atoms in total. The summed E-state index contributed by atoms with van der Waals surface area (Å²) in [5, 5.41) is 4.08. The van der Waals surface area contributed by atoms with E-state index < -0.39 is 0 Å². The second-order valence-electron chi connectivity index (χ2n) is 3.79. The van der Waals surface area contributed by atoms with Gasteiger partial charge in [0.05, 0.1) is 11.8 Å². The fraction of sp³-hybridized carbons (Fsp3) is 0.545. The molecule has 0 atom stereocenters. The van der Waals surface area contributed by atoms with Crippen LogP contribution in [0.1, 0.15) is 31.7 Å². The van der Waals surface area contributed by atoms with E-state index in [0.717, 1.165) is 5.56 Å². The molecular formula is C11H14N2. The lowest BCUT2D eigenvalue weighted by Gasteiger charge is -1.98. The van der Waals surface area contributed by atoms with Crippen LogP contribution in [0.25, 0.3) is 0 Å². The smallest absolute Gasteiger partial charge is 0.0646 e. The molecule has 0 unspecified atom stereocenters. The topological polar surface area (TPSA) is 17.8 Å². The summed E-state index contributed by atoms with van der Waals surface area (Å²) in [6.45, 7) is 2.21. The highest BCUT2D eigenvalue weighted by atomic mass is 15.2. The lowest BCUT2D eigenvalue weighted by Crippen LogP contribution is -1.91. The Balaban J connectivity index is 2.12. The number of nitrogens with zero attached hydrogens (tertiary/aromatic N) is 2. The maximum atomic E-state index is 4.08. The van der Waals surface area contributed by atoms with E-state index in [2.05, 4.69) is 23.9 Å². The van der Waals surface area contributed by atoms with E-state index in [1.54, 1.807) is 4.68 Å². The van der Waals surface area contributed by atoms with Crippen LogP contribution in [0.4, 0.5) is 0 Å². The van der Waals surface area contributed by atoms with Crippen LogP contribution in [-0.4, -0.2) is 9.78 Å². The van der Waals surface area contributed by atoms with Gasteiger partial charge in [0.25, 0.3) is 0 Å². The van der Waals surface area contributed by atoms with E-state index in [1.165, 1.54) is 19.3 Å². The van der Waals surface area contributed by atoms with Gasteiger partial charge in [-0.25, -0.2) is 0 Å². The van der Waals surface area contributed by atoms with Crippen molar-refractivity contribution >= 4 is 0 Å². The Morgan fingerprint density at radius 1 is 1.62 bits per heavy atom. The lowest BCUT2D eigenvalue weighted by atomic mass is 10.1. The van der Waals surface area contributed by atoms with Crippen molar-refractivity contribution < 1.29 is 0 Å². The standard InChI is InChI=1S/C11H14N2/c1-3-11(6-7-11)5-4-10-8-12-13(2)9-10/h8-9H,3,6-7H2,1-2H3. The van der Waals surface area contributed by atoms with Gasteiger partial charge in [-0.15, -0.1) is 0 Å². The van der Waals surface area contributed by atoms with Crippen molar-refractivity contribution in [1.82, 2.24) is 9.78 Å². The third-order valence-corrected chi connectivity index (χ3v) is 2.71. The molecule has 0 radical (unpaired) electrons. The molecule has 0 spiro atoms. The molecule has 0 amide bonds. The maximum Gasteiger partial charge on any atom is 0.0646 e. The predicted octanol–water partition coefficient (Wildman–Crippen LogP) is 1.96. The van der Waals surface area contributed by atoms with Crippen LogP contribution in [0.3, 0.4) is 0 Å². The highest BCUT2D eigenvalue weighted by molar-refractivity contribution is 5.33. The second-order valence-corrected chi connectivity index (χ2v) is 3.79. The summed E-state index contributed by atoms with van der Waals surface area (Å²) in [5.74, 6) is 6.53. The molecule has 2 heteroatoms. The Bertz CT molecular complexity index is 361. The molecule has 0 aromatic carbocycles. The Kier molecular flexibility index (Phi) is 1.88. The zero-order valence-corrected chi connectivity index (χ0v) is 8.17. The van der Waals surface area contributed by atoms with Crippen molar-refractivity contribution in [2.24, 2.45) is 12.5 Å². The highest BCUT2D eigenvalue weighted by Crippen LogP contribution is 2.47. The molecule has 1 aromatic heterocycles. The van der Waals surface area contributed by atoms with Gasteiger partial charge in [0.2, 0.25) is 0 Å². The summed E-state index contributed by atoms with van der Waals surface area (Å²) in [6, 6.07) is 0. The normalized spacial score (nSPS) is 17.7. The molecule has 13 heavy (non-hydrogen) atoms. The minimum atomic E-state index is 0.357. The average molecular weight is 174 g/mol. The van der Waals surface area contributed by atoms with Gasteiger partial charge in [-0.05, 0) is 19.3 Å². The fourth-order valence-corrected chi connectivity index (χ4v) is 1.41. The van der Waals surface area contributed by atoms with E-state index in [1.807, 2.05) is 19.4 Å². The Morgan fingerprint density at radius 2 is 2.38 bits per heavy atom. The third kappa shape index (κ3) is 1.75. The van der Waals surface area contributed by atoms with E-state index in [9.17, 15) is 0 Å². The molecular weight excluding hydrogens is 160 g/mol. The van der Waals surface area contributed by atoms with Crippen LogP contribution < -0.4 is 0 Å². The van der Waals surface area contributed by atoms with Gasteiger partial charge in [-0.1, -0.05) is 18.8 Å². The number of aryl methyl sites for hydroxylation is 1. The number of hydrogen-bond acceptors (Lipinski definition) is 1. The zero-order chi connectivity index (χ0) is 9.31. The van der Waals surface area contributed by atoms with E-state index in [0.29, 0.717) is 5.41 Å². The minimum absolute atomic E-state index is 0.357.